The third-order valence-electron chi connectivity index (χ3n) is 12.8. The molecule has 0 N–H and O–H groups in total. The van der Waals surface area contributed by atoms with Crippen LogP contribution in [0, 0.1) is 6.92 Å². The van der Waals surface area contributed by atoms with E-state index >= 15 is 0 Å². The van der Waals surface area contributed by atoms with E-state index in [1.165, 1.54) is 64.0 Å². The van der Waals surface area contributed by atoms with E-state index in [9.17, 15) is 0 Å². The normalized spacial score (nSPS) is 11.8. The number of thiophene rings is 1. The monoisotopic (exact) mass is 835 g/mol. The first kappa shape index (κ1) is 37.8. The van der Waals surface area contributed by atoms with E-state index in [1.54, 1.807) is 6.08 Å². The van der Waals surface area contributed by atoms with Crippen LogP contribution in [0.1, 0.15) is 11.1 Å². The van der Waals surface area contributed by atoms with Gasteiger partial charge in [0.15, 0.2) is 0 Å². The van der Waals surface area contributed by atoms with Gasteiger partial charge in [0, 0.05) is 48.0 Å². The Balaban J connectivity index is 0.996. The molecule has 0 aliphatic rings. The number of hydrogen-bond donors (Lipinski definition) is 0. The van der Waals surface area contributed by atoms with Crippen LogP contribution in [-0.4, -0.2) is 0 Å². The Kier molecular flexibility index (Phi) is 9.10. The number of aryl methyl sites for hydroxylation is 1. The van der Waals surface area contributed by atoms with Gasteiger partial charge in [0.25, 0.3) is 0 Å². The third kappa shape index (κ3) is 6.24. The first-order chi connectivity index (χ1) is 31.6. The number of nitrogens with zero attached hydrogens (tertiary/aromatic N) is 1. The first-order valence-corrected chi connectivity index (χ1v) is 22.6. The molecular weight excluding hydrogens is 795 g/mol. The Morgan fingerprint density at radius 2 is 1.14 bits per heavy atom. The zero-order valence-electron chi connectivity index (χ0n) is 35.3. The van der Waals surface area contributed by atoms with Gasteiger partial charge in [0.1, 0.15) is 11.2 Å². The summed E-state index contributed by atoms with van der Waals surface area (Å²) >= 11 is 1.87. The summed E-state index contributed by atoms with van der Waals surface area (Å²) in [5.41, 5.74) is 14.4. The maximum Gasteiger partial charge on any atom is 0.138 e. The average Bonchev–Trinajstić information content (AvgIpc) is 3.94. The van der Waals surface area contributed by atoms with E-state index in [-0.39, 0.29) is 0 Å². The molecule has 12 aromatic rings. The zero-order valence-corrected chi connectivity index (χ0v) is 36.1. The van der Waals surface area contributed by atoms with Gasteiger partial charge in [-0.3, -0.25) is 0 Å². The molecule has 2 heterocycles. The molecule has 0 amide bonds. The molecule has 10 aromatic carbocycles. The highest BCUT2D eigenvalue weighted by Gasteiger charge is 2.19. The summed E-state index contributed by atoms with van der Waals surface area (Å²) in [6, 6.07) is 73.1. The van der Waals surface area contributed by atoms with Gasteiger partial charge >= 0.3 is 0 Å². The minimum Gasteiger partial charge on any atom is -0.456 e. The van der Waals surface area contributed by atoms with Crippen molar-refractivity contribution in [2.45, 2.75) is 6.92 Å². The second kappa shape index (κ2) is 15.4. The molecule has 0 fully saturated rings. The van der Waals surface area contributed by atoms with Crippen molar-refractivity contribution >= 4 is 98.1 Å². The molecule has 12 rings (SSSR count). The van der Waals surface area contributed by atoms with Crippen LogP contribution in [0.3, 0.4) is 0 Å². The number of allylic oxidation sites excluding steroid dienone is 2. The molecule has 302 valence electrons. The summed E-state index contributed by atoms with van der Waals surface area (Å²) in [5.74, 6) is 0. The van der Waals surface area contributed by atoms with E-state index in [0.29, 0.717) is 0 Å². The lowest BCUT2D eigenvalue weighted by atomic mass is 9.93. The molecule has 0 aliphatic carbocycles. The summed E-state index contributed by atoms with van der Waals surface area (Å²) in [7, 11) is 0. The van der Waals surface area contributed by atoms with Crippen molar-refractivity contribution < 1.29 is 4.42 Å². The van der Waals surface area contributed by atoms with Crippen molar-refractivity contribution in [1.82, 2.24) is 0 Å². The van der Waals surface area contributed by atoms with Gasteiger partial charge in [-0.1, -0.05) is 164 Å². The Labute approximate surface area is 375 Å². The fraction of sp³-hybridized carbons (Fsp3) is 0.0164. The highest BCUT2D eigenvalue weighted by atomic mass is 32.1. The number of rotatable bonds is 8. The highest BCUT2D eigenvalue weighted by molar-refractivity contribution is 7.26. The standard InChI is InChI=1S/C61H41NOS/c1-3-4-14-40-31-36-55-59-49(22-13-25-57(59)63-60(55)39(40)2)43-16-11-17-47(37-43)62(45-32-27-41(28-33-45)50-23-12-24-54-53-21-9-10-26-58(53)64-61(50)54)46-34-29-42(30-35-46)56-38-44-15-5-6-18-48(44)51-19-7-8-20-52(51)56/h3-38H,1H2,2H3/b14-4-. The van der Waals surface area contributed by atoms with E-state index < -0.39 is 0 Å². The Morgan fingerprint density at radius 1 is 0.484 bits per heavy atom. The lowest BCUT2D eigenvalue weighted by molar-refractivity contribution is 0.665. The Morgan fingerprint density at radius 3 is 1.94 bits per heavy atom. The van der Waals surface area contributed by atoms with Crippen LogP contribution >= 0.6 is 11.3 Å². The molecule has 3 heteroatoms. The van der Waals surface area contributed by atoms with Gasteiger partial charge in [0.2, 0.25) is 0 Å². The van der Waals surface area contributed by atoms with Crippen LogP contribution < -0.4 is 4.90 Å². The average molecular weight is 836 g/mol. The molecule has 0 unspecified atom stereocenters. The van der Waals surface area contributed by atoms with Crippen molar-refractivity contribution in [3.05, 3.63) is 230 Å². The second-order valence-electron chi connectivity index (χ2n) is 16.5. The molecule has 0 aliphatic heterocycles. The molecular formula is C61H41NOS. The predicted octanol–water partition coefficient (Wildman–Crippen LogP) is 18.2. The quantitative estimate of drug-likeness (QED) is 0.112. The number of hydrogen-bond acceptors (Lipinski definition) is 3. The second-order valence-corrected chi connectivity index (χ2v) is 17.5. The molecule has 0 atom stereocenters. The summed E-state index contributed by atoms with van der Waals surface area (Å²) in [5, 5.41) is 9.89. The number of benzene rings is 10. The number of anilines is 3. The van der Waals surface area contributed by atoms with Crippen LogP contribution in [0.25, 0.3) is 103 Å². The zero-order chi connectivity index (χ0) is 42.7. The van der Waals surface area contributed by atoms with Gasteiger partial charge < -0.3 is 9.32 Å². The van der Waals surface area contributed by atoms with Gasteiger partial charge in [0.05, 0.1) is 0 Å². The van der Waals surface area contributed by atoms with Gasteiger partial charge in [-0.05, 0) is 134 Å². The molecule has 0 saturated heterocycles. The van der Waals surface area contributed by atoms with Crippen LogP contribution in [0.15, 0.2) is 223 Å². The Hall–Kier alpha value is -7.98. The highest BCUT2D eigenvalue weighted by Crippen LogP contribution is 2.45. The maximum absolute atomic E-state index is 6.60. The largest absolute Gasteiger partial charge is 0.456 e. The van der Waals surface area contributed by atoms with Gasteiger partial charge in [-0.15, -0.1) is 11.3 Å². The molecule has 0 bridgehead atoms. The fourth-order valence-electron chi connectivity index (χ4n) is 9.74. The fourth-order valence-corrected chi connectivity index (χ4v) is 11.0. The maximum atomic E-state index is 6.60. The van der Waals surface area contributed by atoms with Crippen LogP contribution in [0.5, 0.6) is 0 Å². The van der Waals surface area contributed by atoms with Crippen molar-refractivity contribution in [2.75, 3.05) is 4.90 Å². The molecule has 0 radical (unpaired) electrons. The van der Waals surface area contributed by atoms with Crippen molar-refractivity contribution in [1.29, 1.82) is 0 Å². The van der Waals surface area contributed by atoms with E-state index in [2.05, 4.69) is 225 Å². The van der Waals surface area contributed by atoms with E-state index in [0.717, 1.165) is 61.3 Å². The lowest BCUT2D eigenvalue weighted by Gasteiger charge is -2.26. The molecule has 64 heavy (non-hydrogen) atoms. The summed E-state index contributed by atoms with van der Waals surface area (Å²) in [4.78, 5) is 2.38. The summed E-state index contributed by atoms with van der Waals surface area (Å²) < 4.78 is 9.23. The third-order valence-corrected chi connectivity index (χ3v) is 14.0. The van der Waals surface area contributed by atoms with E-state index in [1.807, 2.05) is 17.4 Å². The van der Waals surface area contributed by atoms with Crippen molar-refractivity contribution in [3.8, 4) is 33.4 Å². The van der Waals surface area contributed by atoms with Gasteiger partial charge in [-0.25, -0.2) is 0 Å². The first-order valence-electron chi connectivity index (χ1n) is 21.8. The lowest BCUT2D eigenvalue weighted by Crippen LogP contribution is -2.10. The SMILES string of the molecule is C=C/C=C\c1ccc2c(oc3cccc(-c4cccc(N(c5ccc(-c6cc7ccccc7c7ccccc67)cc5)c5ccc(-c6cccc7c6sc6ccccc67)cc5)c4)c32)c1C. The minimum atomic E-state index is 0.878. The molecule has 2 aromatic heterocycles. The summed E-state index contributed by atoms with van der Waals surface area (Å²) in [6.45, 7) is 5.99. The minimum absolute atomic E-state index is 0.878. The van der Waals surface area contributed by atoms with Crippen molar-refractivity contribution in [2.24, 2.45) is 0 Å². The van der Waals surface area contributed by atoms with Crippen LogP contribution in [0.4, 0.5) is 17.1 Å². The van der Waals surface area contributed by atoms with Crippen LogP contribution in [0.2, 0.25) is 0 Å². The molecule has 2 nitrogen and oxygen atoms in total. The van der Waals surface area contributed by atoms with Crippen LogP contribution in [-0.2, 0) is 0 Å². The number of furan rings is 1. The predicted molar refractivity (Wildman–Crippen MR) is 277 cm³/mol. The Bertz CT molecular complexity index is 3810. The topological polar surface area (TPSA) is 16.4 Å². The smallest absolute Gasteiger partial charge is 0.138 e. The molecule has 0 spiro atoms. The van der Waals surface area contributed by atoms with E-state index in [4.69, 9.17) is 4.42 Å². The van der Waals surface area contributed by atoms with Crippen molar-refractivity contribution in [3.63, 3.8) is 0 Å². The summed E-state index contributed by atoms with van der Waals surface area (Å²) in [6.07, 6.45) is 5.86. The van der Waals surface area contributed by atoms with Gasteiger partial charge in [-0.2, -0.15) is 0 Å². The molecule has 0 saturated carbocycles. The number of fused-ring (bicyclic) bond motifs is 9.